The first-order valence-corrected chi connectivity index (χ1v) is 11.6. The Morgan fingerprint density at radius 2 is 2.16 bits per heavy atom. The van der Waals surface area contributed by atoms with Crippen molar-refractivity contribution in [3.05, 3.63) is 29.0 Å². The Kier molecular flexibility index (Phi) is 7.31. The second-order valence-electron chi connectivity index (χ2n) is 7.50. The summed E-state index contributed by atoms with van der Waals surface area (Å²) in [5.41, 5.74) is 0.0941. The normalized spacial score (nSPS) is 20.1. The minimum atomic E-state index is -0.575. The number of hydrogen-bond acceptors (Lipinski definition) is 7. The number of thioether (sulfide) groups is 1. The number of amides is 1. The quantitative estimate of drug-likeness (QED) is 0.623. The fourth-order valence-electron chi connectivity index (χ4n) is 3.55. The van der Waals surface area contributed by atoms with Gasteiger partial charge in [0, 0.05) is 24.7 Å². The molecule has 0 aliphatic carbocycles. The van der Waals surface area contributed by atoms with Crippen molar-refractivity contribution in [1.29, 1.82) is 0 Å². The lowest BCUT2D eigenvalue weighted by Crippen LogP contribution is -2.38. The molecule has 4 rings (SSSR count). The number of benzene rings is 1. The highest BCUT2D eigenvalue weighted by atomic mass is 35.5. The molecule has 2 fully saturated rings. The molecule has 1 N–H and O–H groups in total. The van der Waals surface area contributed by atoms with Crippen LogP contribution in [0.4, 0.5) is 16.0 Å². The van der Waals surface area contributed by atoms with E-state index in [-0.39, 0.29) is 22.7 Å². The van der Waals surface area contributed by atoms with Gasteiger partial charge in [-0.3, -0.25) is 9.36 Å². The van der Waals surface area contributed by atoms with E-state index in [4.69, 9.17) is 21.1 Å². The Morgan fingerprint density at radius 3 is 2.87 bits per heavy atom. The van der Waals surface area contributed by atoms with Gasteiger partial charge in [0.15, 0.2) is 5.16 Å². The molecule has 1 amide bonds. The maximum absolute atomic E-state index is 14.0. The monoisotopic (exact) mass is 469 g/mol. The summed E-state index contributed by atoms with van der Waals surface area (Å²) >= 11 is 7.07. The summed E-state index contributed by atoms with van der Waals surface area (Å²) in [6.07, 6.45) is 2.12. The highest BCUT2D eigenvalue weighted by Crippen LogP contribution is 2.29. The summed E-state index contributed by atoms with van der Waals surface area (Å²) in [6.45, 7) is 5.89. The van der Waals surface area contributed by atoms with Crippen LogP contribution in [-0.2, 0) is 20.8 Å². The predicted molar refractivity (Wildman–Crippen MR) is 117 cm³/mol. The van der Waals surface area contributed by atoms with Crippen molar-refractivity contribution < 1.29 is 18.7 Å². The van der Waals surface area contributed by atoms with E-state index in [0.717, 1.165) is 38.5 Å². The highest BCUT2D eigenvalue weighted by Gasteiger charge is 2.27. The smallest absolute Gasteiger partial charge is 0.237 e. The van der Waals surface area contributed by atoms with Crippen LogP contribution in [0.2, 0.25) is 5.02 Å². The van der Waals surface area contributed by atoms with Gasteiger partial charge in [0.05, 0.1) is 36.8 Å². The van der Waals surface area contributed by atoms with Crippen LogP contribution in [0.5, 0.6) is 0 Å². The second kappa shape index (κ2) is 10.2. The average Bonchev–Trinajstić information content (AvgIpc) is 3.41. The van der Waals surface area contributed by atoms with Crippen LogP contribution >= 0.6 is 23.4 Å². The minimum Gasteiger partial charge on any atom is -0.378 e. The van der Waals surface area contributed by atoms with E-state index < -0.39 is 11.1 Å². The molecule has 8 nitrogen and oxygen atoms in total. The third-order valence-corrected chi connectivity index (χ3v) is 6.56. The molecular formula is C20H25ClFN5O3S. The molecule has 0 bridgehead atoms. The lowest BCUT2D eigenvalue weighted by molar-refractivity contribution is -0.115. The predicted octanol–water partition coefficient (Wildman–Crippen LogP) is 3.21. The summed E-state index contributed by atoms with van der Waals surface area (Å²) < 4.78 is 27.3. The van der Waals surface area contributed by atoms with Crippen LogP contribution in [0.3, 0.4) is 0 Å². The standard InChI is InChI=1S/C20H25ClFN5O3S/c1-13(18(28)23-17-5-4-14(21)11-16(17)22)31-20-25-24-19(26-6-9-29-10-7-26)27(20)12-15-3-2-8-30-15/h4-5,11,13,15H,2-3,6-10,12H2,1H3,(H,23,28). The topological polar surface area (TPSA) is 81.5 Å². The molecule has 0 spiro atoms. The van der Waals surface area contributed by atoms with Crippen LogP contribution in [0, 0.1) is 5.82 Å². The number of hydrogen-bond donors (Lipinski definition) is 1. The second-order valence-corrected chi connectivity index (χ2v) is 9.25. The molecule has 2 aromatic rings. The number of halogens is 2. The van der Waals surface area contributed by atoms with Crippen LogP contribution < -0.4 is 10.2 Å². The van der Waals surface area contributed by atoms with E-state index in [0.29, 0.717) is 24.9 Å². The third-order valence-electron chi connectivity index (χ3n) is 5.24. The molecule has 11 heteroatoms. The van der Waals surface area contributed by atoms with Crippen molar-refractivity contribution in [3.8, 4) is 0 Å². The molecule has 31 heavy (non-hydrogen) atoms. The summed E-state index contributed by atoms with van der Waals surface area (Å²) in [7, 11) is 0. The molecule has 2 atom stereocenters. The lowest BCUT2D eigenvalue weighted by atomic mass is 10.2. The Hall–Kier alpha value is -1.88. The van der Waals surface area contributed by atoms with Gasteiger partial charge in [-0.05, 0) is 38.0 Å². The van der Waals surface area contributed by atoms with Crippen LogP contribution in [0.1, 0.15) is 19.8 Å². The first-order valence-electron chi connectivity index (χ1n) is 10.3. The van der Waals surface area contributed by atoms with E-state index in [1.165, 1.54) is 30.0 Å². The first kappa shape index (κ1) is 22.3. The fourth-order valence-corrected chi connectivity index (χ4v) is 4.57. The zero-order valence-corrected chi connectivity index (χ0v) is 18.8. The van der Waals surface area contributed by atoms with Crippen molar-refractivity contribution in [1.82, 2.24) is 14.8 Å². The highest BCUT2D eigenvalue weighted by molar-refractivity contribution is 8.00. The molecule has 1 aromatic carbocycles. The van der Waals surface area contributed by atoms with Crippen molar-refractivity contribution >= 4 is 40.9 Å². The van der Waals surface area contributed by atoms with Crippen LogP contribution in [0.15, 0.2) is 23.4 Å². The largest absolute Gasteiger partial charge is 0.378 e. The van der Waals surface area contributed by atoms with Gasteiger partial charge in [0.1, 0.15) is 5.82 Å². The van der Waals surface area contributed by atoms with Crippen LogP contribution in [0.25, 0.3) is 0 Å². The summed E-state index contributed by atoms with van der Waals surface area (Å²) in [5, 5.41) is 11.8. The zero-order valence-electron chi connectivity index (χ0n) is 17.2. The zero-order chi connectivity index (χ0) is 21.8. The number of aromatic nitrogens is 3. The average molecular weight is 470 g/mol. The van der Waals surface area contributed by atoms with Gasteiger partial charge < -0.3 is 19.7 Å². The number of morpholine rings is 1. The molecule has 168 valence electrons. The van der Waals surface area contributed by atoms with Gasteiger partial charge in [0.2, 0.25) is 11.9 Å². The van der Waals surface area contributed by atoms with Gasteiger partial charge in [-0.15, -0.1) is 10.2 Å². The van der Waals surface area contributed by atoms with E-state index in [1.54, 1.807) is 6.92 Å². The van der Waals surface area contributed by atoms with E-state index in [9.17, 15) is 9.18 Å². The van der Waals surface area contributed by atoms with Gasteiger partial charge in [-0.25, -0.2) is 4.39 Å². The number of ether oxygens (including phenoxy) is 2. The SMILES string of the molecule is CC(Sc1nnc(N2CCOCC2)n1CC1CCCO1)C(=O)Nc1ccc(Cl)cc1F. The fraction of sp³-hybridized carbons (Fsp3) is 0.550. The van der Waals surface area contributed by atoms with Crippen molar-refractivity contribution in [2.75, 3.05) is 43.1 Å². The molecule has 2 aliphatic rings. The maximum Gasteiger partial charge on any atom is 0.237 e. The van der Waals surface area contributed by atoms with Gasteiger partial charge in [-0.1, -0.05) is 23.4 Å². The van der Waals surface area contributed by atoms with Gasteiger partial charge in [0.25, 0.3) is 0 Å². The van der Waals surface area contributed by atoms with Gasteiger partial charge in [-0.2, -0.15) is 0 Å². The Labute approximate surface area is 189 Å². The summed E-state index contributed by atoms with van der Waals surface area (Å²) in [5.74, 6) is -0.141. The molecule has 0 saturated carbocycles. The van der Waals surface area contributed by atoms with E-state index in [1.807, 2.05) is 4.57 Å². The van der Waals surface area contributed by atoms with Crippen LogP contribution in [-0.4, -0.2) is 64.9 Å². The molecule has 2 unspecified atom stereocenters. The van der Waals surface area contributed by atoms with E-state index in [2.05, 4.69) is 20.4 Å². The third kappa shape index (κ3) is 5.49. The number of carbonyl (C=O) groups is 1. The molecule has 1 aromatic heterocycles. The molecule has 0 radical (unpaired) electrons. The summed E-state index contributed by atoms with van der Waals surface area (Å²) in [4.78, 5) is 14.8. The number of anilines is 2. The molecular weight excluding hydrogens is 445 g/mol. The number of rotatable bonds is 7. The first-order chi connectivity index (χ1) is 15.0. The Bertz CT molecular complexity index is 918. The summed E-state index contributed by atoms with van der Waals surface area (Å²) in [6, 6.07) is 4.15. The van der Waals surface area contributed by atoms with Crippen molar-refractivity contribution in [2.24, 2.45) is 0 Å². The Morgan fingerprint density at radius 1 is 1.35 bits per heavy atom. The maximum atomic E-state index is 14.0. The number of nitrogens with zero attached hydrogens (tertiary/aromatic N) is 4. The minimum absolute atomic E-state index is 0.0941. The van der Waals surface area contributed by atoms with Crippen molar-refractivity contribution in [2.45, 2.75) is 42.8 Å². The molecule has 2 saturated heterocycles. The Balaban J connectivity index is 1.49. The molecule has 3 heterocycles. The number of nitrogens with one attached hydrogen (secondary N) is 1. The van der Waals surface area contributed by atoms with E-state index >= 15 is 0 Å². The van der Waals surface area contributed by atoms with Crippen molar-refractivity contribution in [3.63, 3.8) is 0 Å². The lowest BCUT2D eigenvalue weighted by Gasteiger charge is -2.28. The molecule has 2 aliphatic heterocycles. The van der Waals surface area contributed by atoms with Gasteiger partial charge >= 0.3 is 0 Å². The number of carbonyl (C=O) groups excluding carboxylic acids is 1.